The third-order valence-electron chi connectivity index (χ3n) is 3.16. The van der Waals surface area contributed by atoms with Gasteiger partial charge < -0.3 is 4.74 Å². The van der Waals surface area contributed by atoms with Gasteiger partial charge in [-0.3, -0.25) is 8.99 Å². The standard InChI is InChI=1S/C14H19ClN4O2S/c1-21-12-6-7-13(15)14(9-12)19-10-11(17-18-19)5-3-4-8-22(2,16)20/h6-7,9-10,16H,3-5,8H2,1-2H3. The van der Waals surface area contributed by atoms with E-state index in [2.05, 4.69) is 10.3 Å². The molecule has 1 heterocycles. The highest BCUT2D eigenvalue weighted by Crippen LogP contribution is 2.25. The lowest BCUT2D eigenvalue weighted by Crippen LogP contribution is -2.01. The van der Waals surface area contributed by atoms with Gasteiger partial charge in [0.25, 0.3) is 0 Å². The lowest BCUT2D eigenvalue weighted by Gasteiger charge is -2.05. The summed E-state index contributed by atoms with van der Waals surface area (Å²) in [6.45, 7) is 0. The average molecular weight is 343 g/mol. The predicted molar refractivity (Wildman–Crippen MR) is 87.5 cm³/mol. The summed E-state index contributed by atoms with van der Waals surface area (Å²) in [6, 6.07) is 5.34. The van der Waals surface area contributed by atoms with Crippen molar-refractivity contribution in [2.45, 2.75) is 19.3 Å². The van der Waals surface area contributed by atoms with Gasteiger partial charge in [0.05, 0.1) is 29.7 Å². The fourth-order valence-corrected chi connectivity index (χ4v) is 2.97. The summed E-state index contributed by atoms with van der Waals surface area (Å²) in [5.74, 6) is 1.12. The molecule has 2 rings (SSSR count). The van der Waals surface area contributed by atoms with E-state index in [-0.39, 0.29) is 0 Å². The van der Waals surface area contributed by atoms with Crippen LogP contribution in [0.3, 0.4) is 0 Å². The molecule has 1 aromatic carbocycles. The SMILES string of the molecule is COc1ccc(Cl)c(-n2cc(CCCCS(C)(=N)=O)nn2)c1. The summed E-state index contributed by atoms with van der Waals surface area (Å²) in [5.41, 5.74) is 1.55. The second-order valence-corrected chi connectivity index (χ2v) is 7.96. The Morgan fingerprint density at radius 2 is 2.18 bits per heavy atom. The number of methoxy groups -OCH3 is 1. The van der Waals surface area contributed by atoms with Crippen molar-refractivity contribution in [3.05, 3.63) is 35.1 Å². The first kappa shape index (κ1) is 16.8. The van der Waals surface area contributed by atoms with Gasteiger partial charge in [0, 0.05) is 27.8 Å². The van der Waals surface area contributed by atoms with Crippen LogP contribution in [-0.2, 0) is 16.1 Å². The number of nitrogens with one attached hydrogen (secondary N) is 1. The normalized spacial score (nSPS) is 13.8. The first-order valence-electron chi connectivity index (χ1n) is 6.85. The second kappa shape index (κ2) is 7.11. The Morgan fingerprint density at radius 1 is 1.41 bits per heavy atom. The van der Waals surface area contributed by atoms with E-state index in [1.54, 1.807) is 30.0 Å². The number of halogens is 1. The van der Waals surface area contributed by atoms with E-state index in [1.807, 2.05) is 6.20 Å². The van der Waals surface area contributed by atoms with Gasteiger partial charge in [-0.1, -0.05) is 16.8 Å². The molecule has 0 radical (unpaired) electrons. The summed E-state index contributed by atoms with van der Waals surface area (Å²) >= 11 is 6.18. The first-order valence-corrected chi connectivity index (χ1v) is 9.37. The molecule has 120 valence electrons. The van der Waals surface area contributed by atoms with E-state index in [0.29, 0.717) is 22.2 Å². The predicted octanol–water partition coefficient (Wildman–Crippen LogP) is 2.93. The van der Waals surface area contributed by atoms with E-state index in [4.69, 9.17) is 21.1 Å². The number of hydrogen-bond donors (Lipinski definition) is 1. The molecule has 0 saturated carbocycles. The average Bonchev–Trinajstić information content (AvgIpc) is 2.92. The lowest BCUT2D eigenvalue weighted by molar-refractivity contribution is 0.414. The Kier molecular flexibility index (Phi) is 5.42. The highest BCUT2D eigenvalue weighted by Gasteiger charge is 2.08. The van der Waals surface area contributed by atoms with Crippen LogP contribution in [0.2, 0.25) is 5.02 Å². The van der Waals surface area contributed by atoms with E-state index in [1.165, 1.54) is 6.26 Å². The number of aryl methyl sites for hydroxylation is 1. The number of benzene rings is 1. The molecule has 2 aromatic rings. The summed E-state index contributed by atoms with van der Waals surface area (Å²) < 4.78 is 25.5. The molecule has 1 unspecified atom stereocenters. The van der Waals surface area contributed by atoms with Crippen molar-refractivity contribution in [2.75, 3.05) is 19.1 Å². The molecule has 6 nitrogen and oxygen atoms in total. The minimum absolute atomic E-state index is 0.419. The van der Waals surface area contributed by atoms with Crippen LogP contribution >= 0.6 is 11.6 Å². The van der Waals surface area contributed by atoms with Crippen LogP contribution < -0.4 is 4.74 Å². The van der Waals surface area contributed by atoms with Crippen molar-refractivity contribution in [3.8, 4) is 11.4 Å². The Bertz CT molecular complexity index is 743. The zero-order chi connectivity index (χ0) is 16.2. The number of nitrogens with zero attached hydrogens (tertiary/aromatic N) is 3. The van der Waals surface area contributed by atoms with Gasteiger partial charge in [0.15, 0.2) is 0 Å². The van der Waals surface area contributed by atoms with Gasteiger partial charge in [0.2, 0.25) is 0 Å². The third-order valence-corrected chi connectivity index (χ3v) is 4.55. The van der Waals surface area contributed by atoms with Crippen molar-refractivity contribution in [1.82, 2.24) is 15.0 Å². The monoisotopic (exact) mass is 342 g/mol. The van der Waals surface area contributed by atoms with Gasteiger partial charge in [-0.15, -0.1) is 5.10 Å². The molecule has 1 N–H and O–H groups in total. The maximum Gasteiger partial charge on any atom is 0.121 e. The van der Waals surface area contributed by atoms with Crippen molar-refractivity contribution in [2.24, 2.45) is 0 Å². The minimum Gasteiger partial charge on any atom is -0.497 e. The van der Waals surface area contributed by atoms with Crippen LogP contribution in [0.25, 0.3) is 5.69 Å². The molecule has 0 aliphatic carbocycles. The number of rotatable bonds is 7. The Hall–Kier alpha value is -1.60. The van der Waals surface area contributed by atoms with E-state index in [0.717, 1.165) is 25.0 Å². The molecule has 1 aromatic heterocycles. The van der Waals surface area contributed by atoms with Crippen LogP contribution in [-0.4, -0.2) is 38.3 Å². The molecular weight excluding hydrogens is 324 g/mol. The zero-order valence-electron chi connectivity index (χ0n) is 12.6. The van der Waals surface area contributed by atoms with Crippen molar-refractivity contribution in [3.63, 3.8) is 0 Å². The summed E-state index contributed by atoms with van der Waals surface area (Å²) in [6.07, 6.45) is 5.59. The number of ether oxygens (including phenoxy) is 1. The fourth-order valence-electron chi connectivity index (χ4n) is 2.01. The third kappa shape index (κ3) is 4.71. The van der Waals surface area contributed by atoms with Crippen LogP contribution in [0.5, 0.6) is 5.75 Å². The number of hydrogen-bond acceptors (Lipinski definition) is 5. The number of aromatic nitrogens is 3. The topological polar surface area (TPSA) is 80.9 Å². The van der Waals surface area contributed by atoms with Crippen LogP contribution in [0.15, 0.2) is 24.4 Å². The van der Waals surface area contributed by atoms with Crippen molar-refractivity contribution >= 4 is 21.3 Å². The van der Waals surface area contributed by atoms with Gasteiger partial charge in [0.1, 0.15) is 5.75 Å². The molecule has 1 atom stereocenters. The second-order valence-electron chi connectivity index (χ2n) is 5.14. The molecular formula is C14H19ClN4O2S. The Balaban J connectivity index is 2.02. The fraction of sp³-hybridized carbons (Fsp3) is 0.429. The molecule has 22 heavy (non-hydrogen) atoms. The maximum absolute atomic E-state index is 11.3. The van der Waals surface area contributed by atoms with Gasteiger partial charge in [-0.05, 0) is 31.4 Å². The highest BCUT2D eigenvalue weighted by molar-refractivity contribution is 7.91. The van der Waals surface area contributed by atoms with Crippen molar-refractivity contribution in [1.29, 1.82) is 4.78 Å². The lowest BCUT2D eigenvalue weighted by atomic mass is 10.2. The van der Waals surface area contributed by atoms with Gasteiger partial charge in [-0.25, -0.2) is 4.68 Å². The summed E-state index contributed by atoms with van der Waals surface area (Å²) in [4.78, 5) is 0. The highest BCUT2D eigenvalue weighted by atomic mass is 35.5. The molecule has 0 fully saturated rings. The summed E-state index contributed by atoms with van der Waals surface area (Å²) in [7, 11) is -0.807. The molecule has 0 aliphatic rings. The minimum atomic E-state index is -2.40. The van der Waals surface area contributed by atoms with Crippen LogP contribution in [0.4, 0.5) is 0 Å². The quantitative estimate of drug-likeness (QED) is 0.784. The maximum atomic E-state index is 11.3. The summed E-state index contributed by atoms with van der Waals surface area (Å²) in [5, 5.41) is 8.77. The van der Waals surface area contributed by atoms with Crippen LogP contribution in [0, 0.1) is 4.78 Å². The molecule has 0 amide bonds. The Labute approximate surface area is 135 Å². The zero-order valence-corrected chi connectivity index (χ0v) is 14.2. The van der Waals surface area contributed by atoms with Crippen molar-refractivity contribution < 1.29 is 8.95 Å². The van der Waals surface area contributed by atoms with E-state index in [9.17, 15) is 4.21 Å². The smallest absolute Gasteiger partial charge is 0.121 e. The van der Waals surface area contributed by atoms with E-state index >= 15 is 0 Å². The van der Waals surface area contributed by atoms with Gasteiger partial charge >= 0.3 is 0 Å². The molecule has 0 aliphatic heterocycles. The largest absolute Gasteiger partial charge is 0.497 e. The Morgan fingerprint density at radius 3 is 2.86 bits per heavy atom. The first-order chi connectivity index (χ1) is 10.4. The number of unbranched alkanes of at least 4 members (excludes halogenated alkanes) is 1. The molecule has 8 heteroatoms. The molecule has 0 saturated heterocycles. The van der Waals surface area contributed by atoms with Crippen LogP contribution in [0.1, 0.15) is 18.5 Å². The van der Waals surface area contributed by atoms with Gasteiger partial charge in [-0.2, -0.15) is 0 Å². The molecule has 0 bridgehead atoms. The molecule has 0 spiro atoms. The van der Waals surface area contributed by atoms with E-state index < -0.39 is 9.73 Å².